The zero-order valence-electron chi connectivity index (χ0n) is 14.8. The molecule has 8 heteroatoms. The number of morpholine rings is 1. The van der Waals surface area contributed by atoms with E-state index >= 15 is 0 Å². The SMILES string of the molecule is CC(C)(C)OC(=O)N1C2C=C(c3ccnc(C(F)(F)F)c3)CC1COC2. The first-order valence-electron chi connectivity index (χ1n) is 8.38. The third kappa shape index (κ3) is 4.00. The van der Waals surface area contributed by atoms with Gasteiger partial charge in [0.1, 0.15) is 11.3 Å². The quantitative estimate of drug-likeness (QED) is 0.753. The van der Waals surface area contributed by atoms with Gasteiger partial charge in [0.2, 0.25) is 0 Å². The summed E-state index contributed by atoms with van der Waals surface area (Å²) in [4.78, 5) is 17.5. The van der Waals surface area contributed by atoms with Crippen LogP contribution in [0.5, 0.6) is 0 Å². The summed E-state index contributed by atoms with van der Waals surface area (Å²) in [6.07, 6.45) is -1.58. The average Bonchev–Trinajstić information content (AvgIpc) is 2.51. The van der Waals surface area contributed by atoms with Gasteiger partial charge in [-0.25, -0.2) is 4.79 Å². The summed E-state index contributed by atoms with van der Waals surface area (Å²) in [7, 11) is 0. The van der Waals surface area contributed by atoms with Crippen molar-refractivity contribution in [2.75, 3.05) is 13.2 Å². The molecule has 1 aromatic heterocycles. The van der Waals surface area contributed by atoms with Crippen LogP contribution in [0.4, 0.5) is 18.0 Å². The van der Waals surface area contributed by atoms with Crippen molar-refractivity contribution >= 4 is 11.7 Å². The first-order chi connectivity index (χ1) is 12.0. The number of carbonyl (C=O) groups is 1. The van der Waals surface area contributed by atoms with E-state index in [-0.39, 0.29) is 18.7 Å². The van der Waals surface area contributed by atoms with Gasteiger partial charge in [-0.15, -0.1) is 0 Å². The van der Waals surface area contributed by atoms with E-state index in [0.29, 0.717) is 18.6 Å². The molecule has 0 aliphatic carbocycles. The Hall–Kier alpha value is -2.09. The van der Waals surface area contributed by atoms with Gasteiger partial charge in [-0.2, -0.15) is 13.2 Å². The molecular formula is C18H21F3N2O3. The van der Waals surface area contributed by atoms with E-state index in [0.717, 1.165) is 17.8 Å². The van der Waals surface area contributed by atoms with Crippen LogP contribution < -0.4 is 0 Å². The van der Waals surface area contributed by atoms with Crippen molar-refractivity contribution in [1.29, 1.82) is 0 Å². The fourth-order valence-corrected chi connectivity index (χ4v) is 3.19. The maximum absolute atomic E-state index is 12.9. The highest BCUT2D eigenvalue weighted by Crippen LogP contribution is 2.35. The molecular weight excluding hydrogens is 349 g/mol. The number of pyridine rings is 1. The van der Waals surface area contributed by atoms with Crippen molar-refractivity contribution in [2.24, 2.45) is 0 Å². The molecule has 2 aliphatic heterocycles. The van der Waals surface area contributed by atoms with Gasteiger partial charge in [0.05, 0.1) is 25.3 Å². The second-order valence-corrected chi connectivity index (χ2v) is 7.47. The molecule has 1 amide bonds. The first-order valence-corrected chi connectivity index (χ1v) is 8.38. The molecule has 5 nitrogen and oxygen atoms in total. The molecule has 3 rings (SSSR count). The lowest BCUT2D eigenvalue weighted by Crippen LogP contribution is -2.57. The molecule has 3 heterocycles. The van der Waals surface area contributed by atoms with Crippen LogP contribution in [0.3, 0.4) is 0 Å². The van der Waals surface area contributed by atoms with E-state index in [4.69, 9.17) is 9.47 Å². The highest BCUT2D eigenvalue weighted by Gasteiger charge is 2.40. The van der Waals surface area contributed by atoms with E-state index in [2.05, 4.69) is 4.98 Å². The van der Waals surface area contributed by atoms with E-state index in [1.54, 1.807) is 37.8 Å². The normalized spacial score (nSPS) is 23.5. The van der Waals surface area contributed by atoms with Crippen molar-refractivity contribution in [3.05, 3.63) is 35.7 Å². The molecule has 0 radical (unpaired) electrons. The van der Waals surface area contributed by atoms with E-state index in [9.17, 15) is 18.0 Å². The molecule has 142 valence electrons. The zero-order chi connectivity index (χ0) is 19.1. The van der Waals surface area contributed by atoms with Crippen molar-refractivity contribution in [3.8, 4) is 0 Å². The minimum atomic E-state index is -4.49. The van der Waals surface area contributed by atoms with Gasteiger partial charge in [-0.05, 0) is 50.5 Å². The second-order valence-electron chi connectivity index (χ2n) is 7.47. The van der Waals surface area contributed by atoms with Crippen LogP contribution in [0.2, 0.25) is 0 Å². The number of halogens is 3. The summed E-state index contributed by atoms with van der Waals surface area (Å²) in [5.74, 6) is 0. The minimum absolute atomic E-state index is 0.272. The Kier molecular flexibility index (Phi) is 4.72. The summed E-state index contributed by atoms with van der Waals surface area (Å²) < 4.78 is 49.7. The van der Waals surface area contributed by atoms with Crippen molar-refractivity contribution < 1.29 is 27.4 Å². The largest absolute Gasteiger partial charge is 0.444 e. The molecule has 2 unspecified atom stereocenters. The van der Waals surface area contributed by atoms with E-state index in [1.165, 1.54) is 0 Å². The van der Waals surface area contributed by atoms with E-state index < -0.39 is 23.6 Å². The van der Waals surface area contributed by atoms with Crippen LogP contribution in [0, 0.1) is 0 Å². The predicted molar refractivity (Wildman–Crippen MR) is 88.3 cm³/mol. The average molecular weight is 370 g/mol. The molecule has 0 saturated carbocycles. The zero-order valence-corrected chi connectivity index (χ0v) is 14.8. The second kappa shape index (κ2) is 6.57. The minimum Gasteiger partial charge on any atom is -0.444 e. The highest BCUT2D eigenvalue weighted by atomic mass is 19.4. The number of hydrogen-bond donors (Lipinski definition) is 0. The number of hydrogen-bond acceptors (Lipinski definition) is 4. The fourth-order valence-electron chi connectivity index (χ4n) is 3.19. The summed E-state index contributed by atoms with van der Waals surface area (Å²) in [5.41, 5.74) is -0.320. The van der Waals surface area contributed by atoms with E-state index in [1.807, 2.05) is 0 Å². The van der Waals surface area contributed by atoms with Gasteiger partial charge in [-0.3, -0.25) is 9.88 Å². The number of aromatic nitrogens is 1. The standard InChI is InChI=1S/C18H21F3N2O3/c1-17(2,3)26-16(24)23-13-6-12(7-14(23)10-25-9-13)11-4-5-22-15(8-11)18(19,20)21/h4-6,8,13-14H,7,9-10H2,1-3H3. The molecule has 2 bridgehead atoms. The van der Waals surface area contributed by atoms with Gasteiger partial charge in [0, 0.05) is 6.20 Å². The van der Waals surface area contributed by atoms with Crippen LogP contribution >= 0.6 is 0 Å². The molecule has 0 N–H and O–H groups in total. The number of alkyl halides is 3. The maximum atomic E-state index is 12.9. The van der Waals surface area contributed by atoms with Crippen LogP contribution in [-0.4, -0.2) is 46.9 Å². The third-order valence-electron chi connectivity index (χ3n) is 4.22. The Bertz CT molecular complexity index is 725. The van der Waals surface area contributed by atoms with Gasteiger partial charge >= 0.3 is 12.3 Å². The molecule has 1 aromatic rings. The fraction of sp³-hybridized carbons (Fsp3) is 0.556. The maximum Gasteiger partial charge on any atom is 0.433 e. The van der Waals surface area contributed by atoms with Crippen LogP contribution in [0.15, 0.2) is 24.4 Å². The molecule has 2 atom stereocenters. The lowest BCUT2D eigenvalue weighted by Gasteiger charge is -2.44. The number of amides is 1. The molecule has 2 aliphatic rings. The Labute approximate surface area is 149 Å². The Morgan fingerprint density at radius 1 is 1.31 bits per heavy atom. The number of rotatable bonds is 1. The number of carbonyl (C=O) groups excluding carboxylic acids is 1. The number of fused-ring (bicyclic) bond motifs is 2. The Balaban J connectivity index is 1.88. The van der Waals surface area contributed by atoms with Crippen LogP contribution in [-0.2, 0) is 15.7 Å². The predicted octanol–water partition coefficient (Wildman–Crippen LogP) is 3.89. The van der Waals surface area contributed by atoms with Crippen LogP contribution in [0.25, 0.3) is 5.57 Å². The molecule has 1 fully saturated rings. The lowest BCUT2D eigenvalue weighted by molar-refractivity contribution is -0.141. The van der Waals surface area contributed by atoms with Gasteiger partial charge < -0.3 is 9.47 Å². The Morgan fingerprint density at radius 3 is 2.65 bits per heavy atom. The molecule has 0 spiro atoms. The summed E-state index contributed by atoms with van der Waals surface area (Å²) >= 11 is 0. The van der Waals surface area contributed by atoms with Crippen molar-refractivity contribution in [1.82, 2.24) is 9.88 Å². The van der Waals surface area contributed by atoms with Gasteiger partial charge in [-0.1, -0.05) is 6.08 Å². The molecule has 0 aromatic carbocycles. The summed E-state index contributed by atoms with van der Waals surface area (Å²) in [6.45, 7) is 5.98. The number of nitrogens with zero attached hydrogens (tertiary/aromatic N) is 2. The van der Waals surface area contributed by atoms with Gasteiger partial charge in [0.15, 0.2) is 0 Å². The lowest BCUT2D eigenvalue weighted by atomic mass is 9.90. The molecule has 26 heavy (non-hydrogen) atoms. The van der Waals surface area contributed by atoms with Crippen LogP contribution in [0.1, 0.15) is 38.4 Å². The monoisotopic (exact) mass is 370 g/mol. The van der Waals surface area contributed by atoms with Crippen molar-refractivity contribution in [3.63, 3.8) is 0 Å². The first kappa shape index (κ1) is 18.7. The number of ether oxygens (including phenoxy) is 2. The van der Waals surface area contributed by atoms with Gasteiger partial charge in [0.25, 0.3) is 0 Å². The smallest absolute Gasteiger partial charge is 0.433 e. The Morgan fingerprint density at radius 2 is 2.04 bits per heavy atom. The summed E-state index contributed by atoms with van der Waals surface area (Å²) in [5, 5.41) is 0. The summed E-state index contributed by atoms with van der Waals surface area (Å²) in [6, 6.07) is 1.97. The highest BCUT2D eigenvalue weighted by molar-refractivity contribution is 5.74. The molecule has 1 saturated heterocycles. The topological polar surface area (TPSA) is 51.7 Å². The third-order valence-corrected chi connectivity index (χ3v) is 4.22. The van der Waals surface area contributed by atoms with Crippen molar-refractivity contribution in [2.45, 2.75) is 51.1 Å².